The molecule has 0 nitrogen and oxygen atoms in total. The Labute approximate surface area is 93.8 Å². The average Bonchev–Trinajstić information content (AvgIpc) is 2.18. The van der Waals surface area contributed by atoms with Crippen molar-refractivity contribution in [3.05, 3.63) is 58.1 Å². The lowest BCUT2D eigenvalue weighted by atomic mass is 9.93. The zero-order valence-corrected chi connectivity index (χ0v) is 9.09. The van der Waals surface area contributed by atoms with Crippen LogP contribution in [-0.4, -0.2) is 0 Å². The molecule has 0 fully saturated rings. The van der Waals surface area contributed by atoms with E-state index in [0.717, 1.165) is 16.5 Å². The van der Waals surface area contributed by atoms with E-state index in [9.17, 15) is 0 Å². The Bertz CT molecular complexity index is 391. The third-order valence-electron chi connectivity index (χ3n) is 2.30. The highest BCUT2D eigenvalue weighted by atomic mass is 35.5. The van der Waals surface area contributed by atoms with Crippen LogP contribution in [0.25, 0.3) is 0 Å². The van der Waals surface area contributed by atoms with E-state index in [2.05, 4.69) is 18.2 Å². The molecule has 0 aliphatic heterocycles. The smallest absolute Gasteiger partial charge is 0.0408 e. The first-order chi connectivity index (χ1) is 6.75. The third-order valence-corrected chi connectivity index (χ3v) is 2.79. The molecule has 0 aromatic heterocycles. The number of rotatable bonds is 1. The first-order valence-corrected chi connectivity index (χ1v) is 5.30. The topological polar surface area (TPSA) is 0 Å². The van der Waals surface area contributed by atoms with Crippen LogP contribution >= 0.6 is 23.2 Å². The maximum Gasteiger partial charge on any atom is 0.0408 e. The van der Waals surface area contributed by atoms with Gasteiger partial charge in [0, 0.05) is 16.0 Å². The Balaban J connectivity index is 2.28. The lowest BCUT2D eigenvalue weighted by Crippen LogP contribution is -1.97. The van der Waals surface area contributed by atoms with Gasteiger partial charge in [0.15, 0.2) is 0 Å². The second-order valence-electron chi connectivity index (χ2n) is 3.35. The fourth-order valence-electron chi connectivity index (χ4n) is 1.61. The molecule has 0 saturated heterocycles. The molecule has 1 aliphatic carbocycles. The summed E-state index contributed by atoms with van der Waals surface area (Å²) in [5.74, 6) is 0.367. The van der Waals surface area contributed by atoms with Crippen molar-refractivity contribution in [2.75, 3.05) is 0 Å². The molecule has 0 bridgehead atoms. The van der Waals surface area contributed by atoms with E-state index < -0.39 is 0 Å². The number of halogens is 2. The monoisotopic (exact) mass is 224 g/mol. The molecule has 2 heteroatoms. The number of hydrogen-bond acceptors (Lipinski definition) is 0. The summed E-state index contributed by atoms with van der Waals surface area (Å²) in [7, 11) is 0. The summed E-state index contributed by atoms with van der Waals surface area (Å²) >= 11 is 11.9. The highest BCUT2D eigenvalue weighted by Gasteiger charge is 2.10. The van der Waals surface area contributed by atoms with E-state index in [1.165, 1.54) is 5.56 Å². The summed E-state index contributed by atoms with van der Waals surface area (Å²) in [4.78, 5) is 0. The lowest BCUT2D eigenvalue weighted by Gasteiger charge is -2.14. The standard InChI is InChI=1S/C12H10Cl2/c13-11-5-1-3-9(7-11)10-4-2-6-12(14)8-10/h1-3,5-8,10H,4H2. The van der Waals surface area contributed by atoms with Crippen LogP contribution in [0.4, 0.5) is 0 Å². The molecule has 1 atom stereocenters. The summed E-state index contributed by atoms with van der Waals surface area (Å²) < 4.78 is 0. The minimum Gasteiger partial charge on any atom is -0.0847 e. The molecule has 0 radical (unpaired) electrons. The zero-order valence-electron chi connectivity index (χ0n) is 7.58. The molecule has 0 heterocycles. The largest absolute Gasteiger partial charge is 0.0847 e. The maximum absolute atomic E-state index is 5.94. The predicted octanol–water partition coefficient (Wildman–Crippen LogP) is 4.51. The number of allylic oxidation sites excluding steroid dienone is 4. The van der Waals surface area contributed by atoms with E-state index in [-0.39, 0.29) is 0 Å². The summed E-state index contributed by atoms with van der Waals surface area (Å²) in [5.41, 5.74) is 1.22. The fourth-order valence-corrected chi connectivity index (χ4v) is 2.05. The minimum atomic E-state index is 0.367. The lowest BCUT2D eigenvalue weighted by molar-refractivity contribution is 0.851. The molecule has 0 spiro atoms. The van der Waals surface area contributed by atoms with E-state index >= 15 is 0 Å². The highest BCUT2D eigenvalue weighted by Crippen LogP contribution is 2.29. The van der Waals surface area contributed by atoms with E-state index in [4.69, 9.17) is 23.2 Å². The van der Waals surface area contributed by atoms with Gasteiger partial charge < -0.3 is 0 Å². The van der Waals surface area contributed by atoms with Gasteiger partial charge in [-0.3, -0.25) is 0 Å². The van der Waals surface area contributed by atoms with Crippen LogP contribution in [0.15, 0.2) is 47.5 Å². The van der Waals surface area contributed by atoms with Crippen LogP contribution in [0.1, 0.15) is 17.9 Å². The fraction of sp³-hybridized carbons (Fsp3) is 0.167. The van der Waals surface area contributed by atoms with Crippen LogP contribution in [0.3, 0.4) is 0 Å². The van der Waals surface area contributed by atoms with Gasteiger partial charge in [-0.05, 0) is 30.2 Å². The van der Waals surface area contributed by atoms with Crippen molar-refractivity contribution in [3.8, 4) is 0 Å². The summed E-state index contributed by atoms with van der Waals surface area (Å²) in [6.45, 7) is 0. The molecule has 1 unspecified atom stereocenters. The van der Waals surface area contributed by atoms with Gasteiger partial charge in [-0.15, -0.1) is 0 Å². The second-order valence-corrected chi connectivity index (χ2v) is 4.22. The third kappa shape index (κ3) is 2.20. The Morgan fingerprint density at radius 2 is 2.07 bits per heavy atom. The molecule has 2 rings (SSSR count). The molecule has 0 N–H and O–H groups in total. The molecule has 14 heavy (non-hydrogen) atoms. The highest BCUT2D eigenvalue weighted by molar-refractivity contribution is 6.31. The van der Waals surface area contributed by atoms with Crippen molar-refractivity contribution < 1.29 is 0 Å². The molecular formula is C12H10Cl2. The van der Waals surface area contributed by atoms with Crippen molar-refractivity contribution >= 4 is 23.2 Å². The van der Waals surface area contributed by atoms with Crippen molar-refractivity contribution in [1.29, 1.82) is 0 Å². The van der Waals surface area contributed by atoms with Crippen LogP contribution in [0.5, 0.6) is 0 Å². The van der Waals surface area contributed by atoms with Crippen LogP contribution < -0.4 is 0 Å². The van der Waals surface area contributed by atoms with Gasteiger partial charge in [0.05, 0.1) is 0 Å². The average molecular weight is 225 g/mol. The zero-order chi connectivity index (χ0) is 9.97. The van der Waals surface area contributed by atoms with Crippen molar-refractivity contribution in [2.45, 2.75) is 12.3 Å². The molecular weight excluding hydrogens is 215 g/mol. The molecule has 72 valence electrons. The quantitative estimate of drug-likeness (QED) is 0.659. The first kappa shape index (κ1) is 9.82. The van der Waals surface area contributed by atoms with Gasteiger partial charge in [-0.2, -0.15) is 0 Å². The predicted molar refractivity (Wildman–Crippen MR) is 61.9 cm³/mol. The maximum atomic E-state index is 5.94. The number of hydrogen-bond donors (Lipinski definition) is 0. The van der Waals surface area contributed by atoms with Gasteiger partial charge in [0.1, 0.15) is 0 Å². The summed E-state index contributed by atoms with van der Waals surface area (Å²) in [6.07, 6.45) is 7.08. The van der Waals surface area contributed by atoms with Gasteiger partial charge >= 0.3 is 0 Å². The molecule has 1 aromatic carbocycles. The second kappa shape index (κ2) is 4.20. The Kier molecular flexibility index (Phi) is 2.95. The van der Waals surface area contributed by atoms with Gasteiger partial charge in [0.25, 0.3) is 0 Å². The normalized spacial score (nSPS) is 20.7. The van der Waals surface area contributed by atoms with Crippen LogP contribution in [-0.2, 0) is 0 Å². The summed E-state index contributed by atoms with van der Waals surface area (Å²) in [5, 5.41) is 1.59. The minimum absolute atomic E-state index is 0.367. The van der Waals surface area contributed by atoms with Gasteiger partial charge in [-0.25, -0.2) is 0 Å². The molecule has 0 saturated carbocycles. The van der Waals surface area contributed by atoms with Crippen LogP contribution in [0, 0.1) is 0 Å². The summed E-state index contributed by atoms with van der Waals surface area (Å²) in [6, 6.07) is 7.93. The van der Waals surface area contributed by atoms with Gasteiger partial charge in [0.2, 0.25) is 0 Å². The van der Waals surface area contributed by atoms with Gasteiger partial charge in [-0.1, -0.05) is 47.5 Å². The van der Waals surface area contributed by atoms with Crippen molar-refractivity contribution in [1.82, 2.24) is 0 Å². The SMILES string of the molecule is ClC1=CC(c2cccc(Cl)c2)CC=C1. The number of benzene rings is 1. The van der Waals surface area contributed by atoms with E-state index in [1.54, 1.807) is 0 Å². The van der Waals surface area contributed by atoms with E-state index in [1.807, 2.05) is 24.3 Å². The van der Waals surface area contributed by atoms with E-state index in [0.29, 0.717) is 5.92 Å². The Morgan fingerprint density at radius 1 is 1.21 bits per heavy atom. The Hall–Kier alpha value is -0.720. The Morgan fingerprint density at radius 3 is 2.79 bits per heavy atom. The van der Waals surface area contributed by atoms with Crippen molar-refractivity contribution in [3.63, 3.8) is 0 Å². The molecule has 1 aliphatic rings. The first-order valence-electron chi connectivity index (χ1n) is 4.55. The van der Waals surface area contributed by atoms with Crippen molar-refractivity contribution in [2.24, 2.45) is 0 Å². The van der Waals surface area contributed by atoms with Crippen LogP contribution in [0.2, 0.25) is 5.02 Å². The molecule has 1 aromatic rings. The molecule has 0 amide bonds.